The summed E-state index contributed by atoms with van der Waals surface area (Å²) in [7, 11) is 0. The molecule has 3 nitrogen and oxygen atoms in total. The summed E-state index contributed by atoms with van der Waals surface area (Å²) >= 11 is 0. The summed E-state index contributed by atoms with van der Waals surface area (Å²) in [6.45, 7) is 11.3. The third-order valence-electron chi connectivity index (χ3n) is 2.95. The first-order valence-corrected chi connectivity index (χ1v) is 6.63. The van der Waals surface area contributed by atoms with Gasteiger partial charge in [-0.15, -0.1) is 0 Å². The van der Waals surface area contributed by atoms with E-state index >= 15 is 0 Å². The highest BCUT2D eigenvalue weighted by atomic mass is 16.1. The van der Waals surface area contributed by atoms with Crippen LogP contribution < -0.4 is 10.2 Å². The molecule has 0 aliphatic heterocycles. The van der Waals surface area contributed by atoms with Crippen LogP contribution in [0.4, 0.5) is 11.4 Å². The van der Waals surface area contributed by atoms with Crippen LogP contribution in [-0.4, -0.2) is 18.5 Å². The monoisotopic (exact) mass is 248 g/mol. The van der Waals surface area contributed by atoms with Gasteiger partial charge in [0, 0.05) is 29.9 Å². The second-order valence-electron chi connectivity index (χ2n) is 5.07. The summed E-state index contributed by atoms with van der Waals surface area (Å²) in [6.07, 6.45) is 0. The van der Waals surface area contributed by atoms with Gasteiger partial charge in [0.25, 0.3) is 0 Å². The maximum Gasteiger partial charge on any atom is 0.226 e. The van der Waals surface area contributed by atoms with E-state index in [-0.39, 0.29) is 11.8 Å². The van der Waals surface area contributed by atoms with Crippen LogP contribution in [0.3, 0.4) is 0 Å². The maximum absolute atomic E-state index is 11.6. The SMILES string of the molecule is CCN(c1ccc(NC(=O)C(C)C)cc1)C(C)C. The number of hydrogen-bond donors (Lipinski definition) is 1. The fourth-order valence-corrected chi connectivity index (χ4v) is 1.87. The van der Waals surface area contributed by atoms with E-state index in [1.165, 1.54) is 5.69 Å². The Morgan fingerprint density at radius 2 is 1.72 bits per heavy atom. The number of rotatable bonds is 5. The fourth-order valence-electron chi connectivity index (χ4n) is 1.87. The molecule has 0 heterocycles. The van der Waals surface area contributed by atoms with Crippen molar-refractivity contribution < 1.29 is 4.79 Å². The van der Waals surface area contributed by atoms with Gasteiger partial charge < -0.3 is 10.2 Å². The molecule has 0 spiro atoms. The Bertz CT molecular complexity index is 382. The lowest BCUT2D eigenvalue weighted by atomic mass is 10.2. The number of benzene rings is 1. The van der Waals surface area contributed by atoms with E-state index in [1.807, 2.05) is 26.0 Å². The predicted molar refractivity (Wildman–Crippen MR) is 78.1 cm³/mol. The molecular formula is C15H24N2O. The maximum atomic E-state index is 11.6. The van der Waals surface area contributed by atoms with Crippen molar-refractivity contribution in [1.82, 2.24) is 0 Å². The van der Waals surface area contributed by atoms with Gasteiger partial charge in [0.05, 0.1) is 0 Å². The minimum atomic E-state index is 0.00693. The van der Waals surface area contributed by atoms with Crippen LogP contribution >= 0.6 is 0 Å². The number of nitrogens with zero attached hydrogens (tertiary/aromatic N) is 1. The van der Waals surface area contributed by atoms with Crippen LogP contribution in [-0.2, 0) is 4.79 Å². The van der Waals surface area contributed by atoms with Crippen molar-refractivity contribution in [2.24, 2.45) is 5.92 Å². The Kier molecular flexibility index (Phi) is 5.20. The Morgan fingerprint density at radius 1 is 1.17 bits per heavy atom. The molecule has 1 aromatic rings. The van der Waals surface area contributed by atoms with Crippen LogP contribution in [0.2, 0.25) is 0 Å². The summed E-state index contributed by atoms with van der Waals surface area (Å²) in [4.78, 5) is 13.9. The summed E-state index contributed by atoms with van der Waals surface area (Å²) in [6, 6.07) is 8.51. The first kappa shape index (κ1) is 14.6. The van der Waals surface area contributed by atoms with Gasteiger partial charge in [0.15, 0.2) is 0 Å². The largest absolute Gasteiger partial charge is 0.369 e. The van der Waals surface area contributed by atoms with Gasteiger partial charge in [0.2, 0.25) is 5.91 Å². The first-order chi connectivity index (χ1) is 8.45. The number of carbonyl (C=O) groups excluding carboxylic acids is 1. The number of amides is 1. The Labute approximate surface area is 110 Å². The van der Waals surface area contributed by atoms with E-state index in [0.29, 0.717) is 6.04 Å². The van der Waals surface area contributed by atoms with E-state index in [0.717, 1.165) is 12.2 Å². The Morgan fingerprint density at radius 3 is 2.11 bits per heavy atom. The van der Waals surface area contributed by atoms with Crippen molar-refractivity contribution in [3.8, 4) is 0 Å². The summed E-state index contributed by atoms with van der Waals surface area (Å²) < 4.78 is 0. The average Bonchev–Trinajstić information content (AvgIpc) is 2.31. The van der Waals surface area contributed by atoms with Crippen molar-refractivity contribution in [3.05, 3.63) is 24.3 Å². The molecule has 0 fully saturated rings. The molecular weight excluding hydrogens is 224 g/mol. The van der Waals surface area contributed by atoms with E-state index in [2.05, 4.69) is 43.1 Å². The molecule has 0 unspecified atom stereocenters. The van der Waals surface area contributed by atoms with Crippen LogP contribution in [0, 0.1) is 5.92 Å². The molecule has 0 aromatic heterocycles. The first-order valence-electron chi connectivity index (χ1n) is 6.63. The van der Waals surface area contributed by atoms with Gasteiger partial charge in [-0.3, -0.25) is 4.79 Å². The lowest BCUT2D eigenvalue weighted by molar-refractivity contribution is -0.118. The van der Waals surface area contributed by atoms with Crippen molar-refractivity contribution in [2.75, 3.05) is 16.8 Å². The molecule has 0 saturated carbocycles. The Hall–Kier alpha value is -1.51. The van der Waals surface area contributed by atoms with Crippen molar-refractivity contribution in [1.29, 1.82) is 0 Å². The molecule has 1 aromatic carbocycles. The van der Waals surface area contributed by atoms with Crippen LogP contribution in [0.15, 0.2) is 24.3 Å². The quantitative estimate of drug-likeness (QED) is 0.864. The molecule has 0 aliphatic rings. The molecule has 1 amide bonds. The normalized spacial score (nSPS) is 10.8. The van der Waals surface area contributed by atoms with E-state index in [1.54, 1.807) is 0 Å². The van der Waals surface area contributed by atoms with Gasteiger partial charge >= 0.3 is 0 Å². The zero-order valence-corrected chi connectivity index (χ0v) is 12.0. The highest BCUT2D eigenvalue weighted by molar-refractivity contribution is 5.92. The molecule has 0 aliphatic carbocycles. The summed E-state index contributed by atoms with van der Waals surface area (Å²) in [5, 5.41) is 2.90. The molecule has 0 radical (unpaired) electrons. The molecule has 100 valence electrons. The standard InChI is InChI=1S/C15H24N2O/c1-6-17(12(4)5)14-9-7-13(8-10-14)16-15(18)11(2)3/h7-12H,6H2,1-5H3,(H,16,18). The molecule has 1 N–H and O–H groups in total. The number of anilines is 2. The lowest BCUT2D eigenvalue weighted by Crippen LogP contribution is -2.30. The molecule has 18 heavy (non-hydrogen) atoms. The lowest BCUT2D eigenvalue weighted by Gasteiger charge is -2.27. The minimum Gasteiger partial charge on any atom is -0.369 e. The van der Waals surface area contributed by atoms with Crippen molar-refractivity contribution >= 4 is 17.3 Å². The second-order valence-corrected chi connectivity index (χ2v) is 5.07. The average molecular weight is 248 g/mol. The topological polar surface area (TPSA) is 32.3 Å². The van der Waals surface area contributed by atoms with Gasteiger partial charge in [-0.2, -0.15) is 0 Å². The smallest absolute Gasteiger partial charge is 0.226 e. The highest BCUT2D eigenvalue weighted by Crippen LogP contribution is 2.20. The molecule has 3 heteroatoms. The van der Waals surface area contributed by atoms with Crippen LogP contribution in [0.1, 0.15) is 34.6 Å². The highest BCUT2D eigenvalue weighted by Gasteiger charge is 2.09. The summed E-state index contributed by atoms with van der Waals surface area (Å²) in [5.74, 6) is 0.0615. The van der Waals surface area contributed by atoms with Gasteiger partial charge in [-0.1, -0.05) is 13.8 Å². The van der Waals surface area contributed by atoms with E-state index < -0.39 is 0 Å². The molecule has 0 atom stereocenters. The van der Waals surface area contributed by atoms with E-state index in [4.69, 9.17) is 0 Å². The number of hydrogen-bond acceptors (Lipinski definition) is 2. The fraction of sp³-hybridized carbons (Fsp3) is 0.533. The Balaban J connectivity index is 2.76. The third-order valence-corrected chi connectivity index (χ3v) is 2.95. The minimum absolute atomic E-state index is 0.00693. The molecule has 0 bridgehead atoms. The molecule has 1 rings (SSSR count). The zero-order chi connectivity index (χ0) is 13.7. The van der Waals surface area contributed by atoms with Crippen molar-refractivity contribution in [2.45, 2.75) is 40.7 Å². The second kappa shape index (κ2) is 6.43. The third kappa shape index (κ3) is 3.76. The predicted octanol–water partition coefficient (Wildman–Crippen LogP) is 3.52. The molecule has 0 saturated heterocycles. The van der Waals surface area contributed by atoms with Gasteiger partial charge in [-0.25, -0.2) is 0 Å². The number of carbonyl (C=O) groups is 1. The van der Waals surface area contributed by atoms with Crippen molar-refractivity contribution in [3.63, 3.8) is 0 Å². The van der Waals surface area contributed by atoms with Crippen LogP contribution in [0.25, 0.3) is 0 Å². The van der Waals surface area contributed by atoms with Crippen LogP contribution in [0.5, 0.6) is 0 Å². The van der Waals surface area contributed by atoms with E-state index in [9.17, 15) is 4.79 Å². The number of nitrogens with one attached hydrogen (secondary N) is 1. The zero-order valence-electron chi connectivity index (χ0n) is 12.0. The summed E-state index contributed by atoms with van der Waals surface area (Å²) in [5.41, 5.74) is 2.05. The van der Waals surface area contributed by atoms with Gasteiger partial charge in [0.1, 0.15) is 0 Å². The van der Waals surface area contributed by atoms with Gasteiger partial charge in [-0.05, 0) is 45.0 Å².